The fourth-order valence-electron chi connectivity index (χ4n) is 1.55. The monoisotopic (exact) mass is 243 g/mol. The smallest absolute Gasteiger partial charge is 0.134 e. The number of benzene rings is 1. The van der Waals surface area contributed by atoms with Crippen molar-refractivity contribution >= 4 is 0 Å². The van der Waals surface area contributed by atoms with E-state index in [4.69, 9.17) is 10.8 Å². The highest BCUT2D eigenvalue weighted by molar-refractivity contribution is 5.57. The molecule has 0 saturated heterocycles. The second-order valence-electron chi connectivity index (χ2n) is 4.04. The lowest BCUT2D eigenvalue weighted by Gasteiger charge is -2.04. The zero-order valence-electron chi connectivity index (χ0n) is 10.1. The highest BCUT2D eigenvalue weighted by Gasteiger charge is 2.05. The third-order valence-corrected chi connectivity index (χ3v) is 2.62. The van der Waals surface area contributed by atoms with Gasteiger partial charge in [0.25, 0.3) is 0 Å². The quantitative estimate of drug-likeness (QED) is 0.834. The van der Waals surface area contributed by atoms with Crippen molar-refractivity contribution in [1.29, 1.82) is 0 Å². The summed E-state index contributed by atoms with van der Waals surface area (Å²) in [6, 6.07) is 9.96. The van der Waals surface area contributed by atoms with E-state index in [1.165, 1.54) is 12.1 Å². The lowest BCUT2D eigenvalue weighted by molar-refractivity contribution is 0.486. The summed E-state index contributed by atoms with van der Waals surface area (Å²) >= 11 is 0. The summed E-state index contributed by atoms with van der Waals surface area (Å²) in [5.74, 6) is 3.86. The maximum atomic E-state index is 12.8. The van der Waals surface area contributed by atoms with Crippen molar-refractivity contribution in [3.8, 4) is 23.7 Å². The molecular formula is C15H14FNO. The van der Waals surface area contributed by atoms with Gasteiger partial charge in [-0.05, 0) is 43.3 Å². The Morgan fingerprint density at radius 1 is 1.28 bits per heavy atom. The predicted octanol–water partition coefficient (Wildman–Crippen LogP) is 3.20. The summed E-state index contributed by atoms with van der Waals surface area (Å²) < 4.78 is 18.4. The minimum absolute atomic E-state index is 0.00405. The highest BCUT2D eigenvalue weighted by Crippen LogP contribution is 2.22. The van der Waals surface area contributed by atoms with Crippen molar-refractivity contribution in [3.05, 3.63) is 48.0 Å². The van der Waals surface area contributed by atoms with Crippen LogP contribution in [0, 0.1) is 18.2 Å². The maximum absolute atomic E-state index is 12.8. The van der Waals surface area contributed by atoms with Crippen LogP contribution >= 0.6 is 0 Å². The molecule has 1 atom stereocenters. The maximum Gasteiger partial charge on any atom is 0.134 e. The van der Waals surface area contributed by atoms with Crippen LogP contribution in [0.1, 0.15) is 12.7 Å². The summed E-state index contributed by atoms with van der Waals surface area (Å²) in [5, 5.41) is 3.13. The number of furan rings is 1. The van der Waals surface area contributed by atoms with E-state index in [-0.39, 0.29) is 11.9 Å². The zero-order chi connectivity index (χ0) is 13.0. The lowest BCUT2D eigenvalue weighted by atomic mass is 10.2. The van der Waals surface area contributed by atoms with Gasteiger partial charge in [-0.25, -0.2) is 4.39 Å². The molecule has 2 aromatic rings. The molecule has 0 amide bonds. The van der Waals surface area contributed by atoms with Crippen molar-refractivity contribution in [2.24, 2.45) is 0 Å². The Bertz CT molecular complexity index is 551. The van der Waals surface area contributed by atoms with Gasteiger partial charge in [-0.3, -0.25) is 5.32 Å². The molecule has 0 aliphatic carbocycles. The van der Waals surface area contributed by atoms with Gasteiger partial charge >= 0.3 is 0 Å². The SMILES string of the molecule is C#CC(C)NCc1ccc(-c2ccc(F)cc2)o1. The van der Waals surface area contributed by atoms with Crippen molar-refractivity contribution in [2.75, 3.05) is 0 Å². The average Bonchev–Trinajstić information content (AvgIpc) is 2.85. The van der Waals surface area contributed by atoms with Crippen LogP contribution in [0.2, 0.25) is 0 Å². The second kappa shape index (κ2) is 5.52. The van der Waals surface area contributed by atoms with E-state index in [1.54, 1.807) is 12.1 Å². The lowest BCUT2D eigenvalue weighted by Crippen LogP contribution is -2.23. The molecule has 3 heteroatoms. The van der Waals surface area contributed by atoms with Crippen molar-refractivity contribution in [3.63, 3.8) is 0 Å². The minimum atomic E-state index is -0.255. The highest BCUT2D eigenvalue weighted by atomic mass is 19.1. The van der Waals surface area contributed by atoms with Gasteiger partial charge in [0, 0.05) is 5.56 Å². The van der Waals surface area contributed by atoms with Gasteiger partial charge in [0.15, 0.2) is 0 Å². The van der Waals surface area contributed by atoms with E-state index in [9.17, 15) is 4.39 Å². The number of halogens is 1. The number of terminal acetylenes is 1. The first-order chi connectivity index (χ1) is 8.69. The molecule has 0 aliphatic heterocycles. The fourth-order valence-corrected chi connectivity index (χ4v) is 1.55. The average molecular weight is 243 g/mol. The van der Waals surface area contributed by atoms with Crippen LogP contribution in [-0.4, -0.2) is 6.04 Å². The Labute approximate surface area is 106 Å². The molecule has 1 unspecified atom stereocenters. The molecule has 2 nitrogen and oxygen atoms in total. The molecule has 1 heterocycles. The largest absolute Gasteiger partial charge is 0.460 e. The van der Waals surface area contributed by atoms with Gasteiger partial charge in [0.05, 0.1) is 12.6 Å². The van der Waals surface area contributed by atoms with E-state index in [0.29, 0.717) is 6.54 Å². The van der Waals surface area contributed by atoms with Crippen LogP contribution < -0.4 is 5.32 Å². The van der Waals surface area contributed by atoms with Crippen LogP contribution in [-0.2, 0) is 6.54 Å². The van der Waals surface area contributed by atoms with Crippen LogP contribution in [0.25, 0.3) is 11.3 Å². The van der Waals surface area contributed by atoms with E-state index in [1.807, 2.05) is 19.1 Å². The van der Waals surface area contributed by atoms with Gasteiger partial charge in [-0.1, -0.05) is 5.92 Å². The van der Waals surface area contributed by atoms with Gasteiger partial charge < -0.3 is 4.42 Å². The Kier molecular flexibility index (Phi) is 3.81. The third kappa shape index (κ3) is 2.99. The molecule has 0 saturated carbocycles. The van der Waals surface area contributed by atoms with E-state index >= 15 is 0 Å². The molecule has 92 valence electrons. The van der Waals surface area contributed by atoms with E-state index in [0.717, 1.165) is 17.1 Å². The van der Waals surface area contributed by atoms with E-state index in [2.05, 4.69) is 11.2 Å². The summed E-state index contributed by atoms with van der Waals surface area (Å²) in [4.78, 5) is 0. The van der Waals surface area contributed by atoms with Gasteiger partial charge in [-0.15, -0.1) is 6.42 Å². The van der Waals surface area contributed by atoms with Gasteiger partial charge in [0.2, 0.25) is 0 Å². The molecular weight excluding hydrogens is 229 g/mol. The Morgan fingerprint density at radius 3 is 2.67 bits per heavy atom. The topological polar surface area (TPSA) is 25.2 Å². The Hall–Kier alpha value is -2.05. The molecule has 1 aromatic heterocycles. The van der Waals surface area contributed by atoms with Gasteiger partial charge in [-0.2, -0.15) is 0 Å². The van der Waals surface area contributed by atoms with Crippen LogP contribution in [0.4, 0.5) is 4.39 Å². The van der Waals surface area contributed by atoms with Crippen LogP contribution in [0.15, 0.2) is 40.8 Å². The molecule has 0 bridgehead atoms. The zero-order valence-corrected chi connectivity index (χ0v) is 10.1. The number of hydrogen-bond acceptors (Lipinski definition) is 2. The predicted molar refractivity (Wildman–Crippen MR) is 69.2 cm³/mol. The Balaban J connectivity index is 2.06. The minimum Gasteiger partial charge on any atom is -0.460 e. The molecule has 0 fully saturated rings. The number of nitrogens with one attached hydrogen (secondary N) is 1. The standard InChI is InChI=1S/C15H14FNO/c1-3-11(2)17-10-14-8-9-15(18-14)12-4-6-13(16)7-5-12/h1,4-9,11,17H,10H2,2H3. The van der Waals surface area contributed by atoms with Crippen LogP contribution in [0.3, 0.4) is 0 Å². The van der Waals surface area contributed by atoms with Crippen molar-refractivity contribution in [1.82, 2.24) is 5.32 Å². The van der Waals surface area contributed by atoms with Crippen molar-refractivity contribution in [2.45, 2.75) is 19.5 Å². The summed E-state index contributed by atoms with van der Waals surface area (Å²) in [5.41, 5.74) is 0.854. The summed E-state index contributed by atoms with van der Waals surface area (Å²) in [6.07, 6.45) is 5.27. The molecule has 0 spiro atoms. The first kappa shape index (κ1) is 12.4. The molecule has 2 rings (SSSR count). The number of rotatable bonds is 4. The van der Waals surface area contributed by atoms with Crippen LogP contribution in [0.5, 0.6) is 0 Å². The fraction of sp³-hybridized carbons (Fsp3) is 0.200. The molecule has 0 radical (unpaired) electrons. The molecule has 18 heavy (non-hydrogen) atoms. The van der Waals surface area contributed by atoms with Crippen molar-refractivity contribution < 1.29 is 8.81 Å². The Morgan fingerprint density at radius 2 is 2.00 bits per heavy atom. The normalized spacial score (nSPS) is 12.1. The molecule has 1 aromatic carbocycles. The number of hydrogen-bond donors (Lipinski definition) is 1. The first-order valence-electron chi connectivity index (χ1n) is 5.73. The first-order valence-corrected chi connectivity index (χ1v) is 5.73. The summed E-state index contributed by atoms with van der Waals surface area (Å²) in [6.45, 7) is 2.48. The van der Waals surface area contributed by atoms with Gasteiger partial charge in [0.1, 0.15) is 17.3 Å². The summed E-state index contributed by atoms with van der Waals surface area (Å²) in [7, 11) is 0. The second-order valence-corrected chi connectivity index (χ2v) is 4.04. The third-order valence-electron chi connectivity index (χ3n) is 2.62. The van der Waals surface area contributed by atoms with E-state index < -0.39 is 0 Å². The molecule has 0 aliphatic rings. The molecule has 1 N–H and O–H groups in total.